The van der Waals surface area contributed by atoms with Gasteiger partial charge in [-0.25, -0.2) is 4.79 Å². The van der Waals surface area contributed by atoms with Gasteiger partial charge in [0.15, 0.2) is 0 Å². The summed E-state index contributed by atoms with van der Waals surface area (Å²) in [4.78, 5) is 22.7. The lowest BCUT2D eigenvalue weighted by Crippen LogP contribution is -2.38. The molecule has 0 fully saturated rings. The van der Waals surface area contributed by atoms with Crippen molar-refractivity contribution >= 4 is 11.9 Å². The number of hydrogen-bond donors (Lipinski definition) is 3. The number of aliphatic carboxylic acids is 1. The van der Waals surface area contributed by atoms with E-state index in [4.69, 9.17) is 5.11 Å². The van der Waals surface area contributed by atoms with E-state index in [1.165, 1.54) is 13.8 Å². The van der Waals surface area contributed by atoms with E-state index in [1.54, 1.807) is 31.2 Å². The van der Waals surface area contributed by atoms with Crippen LogP contribution in [0, 0.1) is 0 Å². The molecular weight excluding hydrogens is 258 g/mol. The molecule has 2 unspecified atom stereocenters. The number of carboxylic acid groups (broad SMARTS) is 1. The van der Waals surface area contributed by atoms with Gasteiger partial charge in [-0.05, 0) is 26.3 Å². The van der Waals surface area contributed by atoms with Crippen LogP contribution in [0.15, 0.2) is 41.5 Å². The zero-order chi connectivity index (χ0) is 15.3. The number of benzene rings is 1. The molecule has 0 spiro atoms. The second kappa shape index (κ2) is 6.86. The van der Waals surface area contributed by atoms with Gasteiger partial charge >= 0.3 is 5.97 Å². The molecule has 1 aromatic rings. The Labute approximate surface area is 117 Å². The molecule has 0 aliphatic rings. The van der Waals surface area contributed by atoms with Crippen molar-refractivity contribution in [3.63, 3.8) is 0 Å². The Kier molecular flexibility index (Phi) is 5.46. The van der Waals surface area contributed by atoms with E-state index in [0.717, 1.165) is 0 Å². The second-order valence-electron chi connectivity index (χ2n) is 4.67. The fourth-order valence-corrected chi connectivity index (χ4v) is 1.66. The third-order valence-corrected chi connectivity index (χ3v) is 3.20. The summed E-state index contributed by atoms with van der Waals surface area (Å²) in [5.74, 6) is -1.62. The van der Waals surface area contributed by atoms with E-state index in [1.807, 2.05) is 6.07 Å². The molecule has 5 heteroatoms. The van der Waals surface area contributed by atoms with E-state index in [0.29, 0.717) is 5.56 Å². The number of carboxylic acids is 1. The number of nitrogens with one attached hydrogen (secondary N) is 1. The number of aliphatic hydroxyl groups is 1. The first-order valence-electron chi connectivity index (χ1n) is 6.29. The molecule has 0 saturated carbocycles. The predicted molar refractivity (Wildman–Crippen MR) is 75.0 cm³/mol. The predicted octanol–water partition coefficient (Wildman–Crippen LogP) is 1.65. The van der Waals surface area contributed by atoms with Crippen molar-refractivity contribution in [2.75, 3.05) is 0 Å². The lowest BCUT2D eigenvalue weighted by Gasteiger charge is -2.21. The minimum Gasteiger partial charge on any atom is -0.478 e. The van der Waals surface area contributed by atoms with Gasteiger partial charge in [0.2, 0.25) is 5.91 Å². The molecule has 0 radical (unpaired) electrons. The minimum absolute atomic E-state index is 0.0103. The lowest BCUT2D eigenvalue weighted by molar-refractivity contribution is -0.133. The smallest absolute Gasteiger partial charge is 0.331 e. The Morgan fingerprint density at radius 3 is 2.15 bits per heavy atom. The highest BCUT2D eigenvalue weighted by molar-refractivity contribution is 6.01. The monoisotopic (exact) mass is 277 g/mol. The minimum atomic E-state index is -1.13. The number of aliphatic hydroxyl groups excluding tert-OH is 1. The first kappa shape index (κ1) is 15.9. The van der Waals surface area contributed by atoms with E-state index < -0.39 is 24.0 Å². The van der Waals surface area contributed by atoms with Crippen LogP contribution in [0.5, 0.6) is 0 Å². The average molecular weight is 277 g/mol. The summed E-state index contributed by atoms with van der Waals surface area (Å²) in [5, 5.41) is 21.6. The summed E-state index contributed by atoms with van der Waals surface area (Å²) in [6.07, 6.45) is -0.849. The summed E-state index contributed by atoms with van der Waals surface area (Å²) >= 11 is 0. The topological polar surface area (TPSA) is 86.6 Å². The van der Waals surface area contributed by atoms with Gasteiger partial charge in [-0.1, -0.05) is 30.3 Å². The largest absolute Gasteiger partial charge is 0.478 e. The second-order valence-corrected chi connectivity index (χ2v) is 4.67. The number of amides is 1. The van der Waals surface area contributed by atoms with Crippen LogP contribution in [0.3, 0.4) is 0 Å². The maximum absolute atomic E-state index is 11.9. The van der Waals surface area contributed by atoms with Crippen molar-refractivity contribution in [2.24, 2.45) is 0 Å². The maximum atomic E-state index is 11.9. The number of rotatable bonds is 5. The Morgan fingerprint density at radius 1 is 1.10 bits per heavy atom. The quantitative estimate of drug-likeness (QED) is 0.714. The SMILES string of the molecule is C/C(C(=O)O)=C(\C)C(=O)NC(C)C(O)c1ccccc1. The molecule has 3 N–H and O–H groups in total. The van der Waals surface area contributed by atoms with Gasteiger partial charge in [0.1, 0.15) is 0 Å². The van der Waals surface area contributed by atoms with Gasteiger partial charge in [0.25, 0.3) is 0 Å². The van der Waals surface area contributed by atoms with Crippen LogP contribution in [0.4, 0.5) is 0 Å². The number of carbonyl (C=O) groups excluding carboxylic acids is 1. The van der Waals surface area contributed by atoms with Crippen LogP contribution in [-0.2, 0) is 9.59 Å². The number of hydrogen-bond acceptors (Lipinski definition) is 3. The van der Waals surface area contributed by atoms with Crippen molar-refractivity contribution in [3.8, 4) is 0 Å². The summed E-state index contributed by atoms with van der Waals surface area (Å²) < 4.78 is 0. The fraction of sp³-hybridized carbons (Fsp3) is 0.333. The molecule has 0 aliphatic carbocycles. The highest BCUT2D eigenvalue weighted by Gasteiger charge is 2.20. The molecule has 1 amide bonds. The molecule has 1 rings (SSSR count). The average Bonchev–Trinajstić information content (AvgIpc) is 2.45. The lowest BCUT2D eigenvalue weighted by atomic mass is 10.0. The third kappa shape index (κ3) is 3.93. The standard InChI is InChI=1S/C15H19NO4/c1-9(10(2)15(19)20)14(18)16-11(3)13(17)12-7-5-4-6-8-12/h4-8,11,13,17H,1-3H3,(H,16,18)(H,19,20)/b10-9-. The fourth-order valence-electron chi connectivity index (χ4n) is 1.66. The Morgan fingerprint density at radius 2 is 1.65 bits per heavy atom. The van der Waals surface area contributed by atoms with Crippen molar-refractivity contribution in [3.05, 3.63) is 47.0 Å². The third-order valence-electron chi connectivity index (χ3n) is 3.20. The zero-order valence-electron chi connectivity index (χ0n) is 11.8. The normalized spacial score (nSPS) is 15.0. The Hall–Kier alpha value is -2.14. The molecule has 0 aromatic heterocycles. The van der Waals surface area contributed by atoms with Gasteiger partial charge in [-0.2, -0.15) is 0 Å². The van der Waals surface area contributed by atoms with Crippen molar-refractivity contribution in [1.82, 2.24) is 5.32 Å². The Balaban J connectivity index is 2.76. The van der Waals surface area contributed by atoms with Gasteiger partial charge in [0.05, 0.1) is 12.1 Å². The zero-order valence-corrected chi connectivity index (χ0v) is 11.8. The van der Waals surface area contributed by atoms with E-state index in [-0.39, 0.29) is 11.1 Å². The summed E-state index contributed by atoms with van der Waals surface area (Å²) in [5.41, 5.74) is 0.811. The van der Waals surface area contributed by atoms with Crippen LogP contribution < -0.4 is 5.32 Å². The highest BCUT2D eigenvalue weighted by Crippen LogP contribution is 2.16. The molecule has 0 saturated heterocycles. The first-order chi connectivity index (χ1) is 9.34. The molecule has 0 aliphatic heterocycles. The summed E-state index contributed by atoms with van der Waals surface area (Å²) in [6.45, 7) is 4.48. The van der Waals surface area contributed by atoms with Crippen LogP contribution >= 0.6 is 0 Å². The highest BCUT2D eigenvalue weighted by atomic mass is 16.4. The van der Waals surface area contributed by atoms with E-state index in [9.17, 15) is 14.7 Å². The van der Waals surface area contributed by atoms with Gasteiger partial charge in [-0.15, -0.1) is 0 Å². The van der Waals surface area contributed by atoms with Gasteiger partial charge < -0.3 is 15.5 Å². The van der Waals surface area contributed by atoms with E-state index in [2.05, 4.69) is 5.32 Å². The van der Waals surface area contributed by atoms with Gasteiger partial charge in [0, 0.05) is 11.1 Å². The number of carbonyl (C=O) groups is 2. The Bertz CT molecular complexity index is 522. The summed E-state index contributed by atoms with van der Waals surface area (Å²) in [7, 11) is 0. The molecule has 1 aromatic carbocycles. The van der Waals surface area contributed by atoms with Gasteiger partial charge in [-0.3, -0.25) is 4.79 Å². The van der Waals surface area contributed by atoms with Crippen LogP contribution in [0.1, 0.15) is 32.4 Å². The molecule has 108 valence electrons. The molecule has 5 nitrogen and oxygen atoms in total. The van der Waals surface area contributed by atoms with Crippen LogP contribution in [0.2, 0.25) is 0 Å². The van der Waals surface area contributed by atoms with E-state index >= 15 is 0 Å². The molecule has 0 bridgehead atoms. The first-order valence-corrected chi connectivity index (χ1v) is 6.29. The molecular formula is C15H19NO4. The summed E-state index contributed by atoms with van der Waals surface area (Å²) in [6, 6.07) is 8.43. The van der Waals surface area contributed by atoms with Crippen molar-refractivity contribution in [2.45, 2.75) is 32.9 Å². The molecule has 2 atom stereocenters. The van der Waals surface area contributed by atoms with Crippen molar-refractivity contribution in [1.29, 1.82) is 0 Å². The molecule has 0 heterocycles. The van der Waals surface area contributed by atoms with Crippen LogP contribution in [-0.4, -0.2) is 28.1 Å². The maximum Gasteiger partial charge on any atom is 0.331 e. The van der Waals surface area contributed by atoms with Crippen LogP contribution in [0.25, 0.3) is 0 Å². The van der Waals surface area contributed by atoms with Crippen molar-refractivity contribution < 1.29 is 19.8 Å². The molecule has 20 heavy (non-hydrogen) atoms.